The lowest BCUT2D eigenvalue weighted by Gasteiger charge is -2.03. The predicted octanol–water partition coefficient (Wildman–Crippen LogP) is 0.902. The number of rotatable bonds is 5. The summed E-state index contributed by atoms with van der Waals surface area (Å²) < 4.78 is 5.40. The molecule has 0 aliphatic carbocycles. The summed E-state index contributed by atoms with van der Waals surface area (Å²) in [6.07, 6.45) is 0.973. The molecule has 96 valence electrons. The van der Waals surface area contributed by atoms with E-state index in [1.54, 1.807) is 7.05 Å². The van der Waals surface area contributed by atoms with Crippen LogP contribution in [0.15, 0.2) is 24.3 Å². The molecule has 0 bridgehead atoms. The summed E-state index contributed by atoms with van der Waals surface area (Å²) in [7, 11) is 1.62. The molecule has 0 radical (unpaired) electrons. The Hall–Kier alpha value is -1.99. The highest BCUT2D eigenvalue weighted by molar-refractivity contribution is 5.75. The maximum Gasteiger partial charge on any atom is 0.220 e. The molecule has 0 fully saturated rings. The predicted molar refractivity (Wildman–Crippen MR) is 71.2 cm³/mol. The summed E-state index contributed by atoms with van der Waals surface area (Å²) >= 11 is 0. The van der Waals surface area contributed by atoms with Gasteiger partial charge >= 0.3 is 0 Å². The number of amides is 1. The van der Waals surface area contributed by atoms with E-state index in [0.717, 1.165) is 11.3 Å². The van der Waals surface area contributed by atoms with Crippen molar-refractivity contribution in [2.75, 3.05) is 20.2 Å². The zero-order valence-corrected chi connectivity index (χ0v) is 10.5. The lowest BCUT2D eigenvalue weighted by atomic mass is 10.2. The van der Waals surface area contributed by atoms with E-state index in [4.69, 9.17) is 10.5 Å². The van der Waals surface area contributed by atoms with Crippen LogP contribution in [-0.2, 0) is 4.79 Å². The average Bonchev–Trinajstić information content (AvgIpc) is 2.41. The van der Waals surface area contributed by atoms with Crippen molar-refractivity contribution in [3.05, 3.63) is 29.8 Å². The van der Waals surface area contributed by atoms with Crippen LogP contribution in [0, 0.1) is 11.8 Å². The fourth-order valence-corrected chi connectivity index (χ4v) is 1.31. The minimum Gasteiger partial charge on any atom is -0.492 e. The third-order valence-electron chi connectivity index (χ3n) is 2.21. The van der Waals surface area contributed by atoms with Gasteiger partial charge in [0, 0.05) is 32.0 Å². The topological polar surface area (TPSA) is 64.3 Å². The molecule has 0 spiro atoms. The second-order valence-corrected chi connectivity index (χ2v) is 3.64. The van der Waals surface area contributed by atoms with Crippen LogP contribution >= 0.6 is 0 Å². The van der Waals surface area contributed by atoms with E-state index in [-0.39, 0.29) is 5.91 Å². The first-order chi connectivity index (χ1) is 8.76. The van der Waals surface area contributed by atoms with Crippen molar-refractivity contribution in [1.82, 2.24) is 5.32 Å². The molecule has 1 amide bonds. The molecule has 0 saturated carbocycles. The lowest BCUT2D eigenvalue weighted by Crippen LogP contribution is -2.16. The van der Waals surface area contributed by atoms with Crippen molar-refractivity contribution < 1.29 is 9.53 Å². The fourth-order valence-electron chi connectivity index (χ4n) is 1.31. The molecule has 18 heavy (non-hydrogen) atoms. The average molecular weight is 246 g/mol. The molecule has 3 N–H and O–H groups in total. The third kappa shape index (κ3) is 5.37. The van der Waals surface area contributed by atoms with Gasteiger partial charge < -0.3 is 15.8 Å². The molecular weight excluding hydrogens is 228 g/mol. The minimum absolute atomic E-state index is 0.00401. The molecule has 0 saturated heterocycles. The molecular formula is C14H18N2O2. The Morgan fingerprint density at radius 1 is 1.50 bits per heavy atom. The van der Waals surface area contributed by atoms with Crippen molar-refractivity contribution in [2.24, 2.45) is 5.73 Å². The van der Waals surface area contributed by atoms with Crippen molar-refractivity contribution in [1.29, 1.82) is 0 Å². The van der Waals surface area contributed by atoms with Crippen LogP contribution in [0.25, 0.3) is 0 Å². The highest BCUT2D eigenvalue weighted by atomic mass is 16.5. The Kier molecular flexibility index (Phi) is 6.37. The van der Waals surface area contributed by atoms with E-state index < -0.39 is 0 Å². The zero-order valence-electron chi connectivity index (χ0n) is 10.5. The van der Waals surface area contributed by atoms with Crippen LogP contribution in [-0.4, -0.2) is 26.1 Å². The van der Waals surface area contributed by atoms with E-state index in [2.05, 4.69) is 17.2 Å². The van der Waals surface area contributed by atoms with E-state index in [0.29, 0.717) is 26.0 Å². The van der Waals surface area contributed by atoms with Crippen molar-refractivity contribution >= 4 is 5.91 Å². The molecule has 0 aromatic heterocycles. The van der Waals surface area contributed by atoms with E-state index in [1.807, 2.05) is 24.3 Å². The van der Waals surface area contributed by atoms with Crippen molar-refractivity contribution in [3.8, 4) is 17.6 Å². The van der Waals surface area contributed by atoms with Gasteiger partial charge in [0.1, 0.15) is 12.4 Å². The normalized spacial score (nSPS) is 9.22. The summed E-state index contributed by atoms with van der Waals surface area (Å²) in [5.74, 6) is 6.73. The molecule has 4 nitrogen and oxygen atoms in total. The highest BCUT2D eigenvalue weighted by Crippen LogP contribution is 2.12. The lowest BCUT2D eigenvalue weighted by molar-refractivity contribution is -0.120. The number of carbonyl (C=O) groups excluding carboxylic acids is 1. The van der Waals surface area contributed by atoms with Gasteiger partial charge in [0.15, 0.2) is 0 Å². The molecule has 0 aliphatic rings. The smallest absolute Gasteiger partial charge is 0.220 e. The van der Waals surface area contributed by atoms with Crippen LogP contribution < -0.4 is 15.8 Å². The number of hydrogen-bond donors (Lipinski definition) is 2. The third-order valence-corrected chi connectivity index (χ3v) is 2.21. The van der Waals surface area contributed by atoms with Crippen molar-refractivity contribution in [3.63, 3.8) is 0 Å². The summed E-state index contributed by atoms with van der Waals surface area (Å²) in [4.78, 5) is 11.0. The van der Waals surface area contributed by atoms with Crippen molar-refractivity contribution in [2.45, 2.75) is 12.8 Å². The molecule has 1 aromatic carbocycles. The highest BCUT2D eigenvalue weighted by Gasteiger charge is 1.95. The molecule has 1 aromatic rings. The van der Waals surface area contributed by atoms with E-state index in [9.17, 15) is 4.79 Å². The number of nitrogens with one attached hydrogen (secondary N) is 1. The van der Waals surface area contributed by atoms with Gasteiger partial charge in [-0.15, -0.1) is 0 Å². The minimum atomic E-state index is 0.00401. The van der Waals surface area contributed by atoms with Gasteiger partial charge in [-0.3, -0.25) is 4.79 Å². The Labute approximate surface area is 108 Å². The van der Waals surface area contributed by atoms with Gasteiger partial charge in [0.2, 0.25) is 5.91 Å². The van der Waals surface area contributed by atoms with Gasteiger partial charge in [-0.25, -0.2) is 0 Å². The van der Waals surface area contributed by atoms with Gasteiger partial charge in [-0.2, -0.15) is 0 Å². The Balaban J connectivity index is 2.51. The summed E-state index contributed by atoms with van der Waals surface area (Å²) in [6.45, 7) is 0.982. The summed E-state index contributed by atoms with van der Waals surface area (Å²) in [5, 5.41) is 2.56. The van der Waals surface area contributed by atoms with Crippen LogP contribution in [0.3, 0.4) is 0 Å². The van der Waals surface area contributed by atoms with E-state index >= 15 is 0 Å². The zero-order chi connectivity index (χ0) is 13.2. The Bertz CT molecular complexity index is 447. The van der Waals surface area contributed by atoms with Crippen LogP contribution in [0.2, 0.25) is 0 Å². The summed E-state index contributed by atoms with van der Waals surface area (Å²) in [6, 6.07) is 7.52. The van der Waals surface area contributed by atoms with Gasteiger partial charge in [0.25, 0.3) is 0 Å². The number of ether oxygens (including phenoxy) is 1. The second kappa shape index (κ2) is 8.15. The first-order valence-corrected chi connectivity index (χ1v) is 5.88. The monoisotopic (exact) mass is 246 g/mol. The van der Waals surface area contributed by atoms with Crippen LogP contribution in [0.5, 0.6) is 5.75 Å². The molecule has 1 rings (SSSR count). The quantitative estimate of drug-likeness (QED) is 0.759. The number of carbonyl (C=O) groups is 1. The van der Waals surface area contributed by atoms with Crippen LogP contribution in [0.4, 0.5) is 0 Å². The Morgan fingerprint density at radius 3 is 3.06 bits per heavy atom. The Morgan fingerprint density at radius 2 is 2.33 bits per heavy atom. The largest absolute Gasteiger partial charge is 0.492 e. The maximum atomic E-state index is 11.0. The summed E-state index contributed by atoms with van der Waals surface area (Å²) in [5.41, 5.74) is 6.24. The molecule has 0 atom stereocenters. The van der Waals surface area contributed by atoms with Crippen LogP contribution in [0.1, 0.15) is 18.4 Å². The SMILES string of the molecule is CNC(=O)CCC#Cc1cccc(OCCN)c1. The first kappa shape index (κ1) is 14.1. The molecule has 4 heteroatoms. The van der Waals surface area contributed by atoms with E-state index in [1.165, 1.54) is 0 Å². The fraction of sp³-hybridized carbons (Fsp3) is 0.357. The molecule has 0 unspecified atom stereocenters. The molecule has 0 heterocycles. The molecule has 0 aliphatic heterocycles. The van der Waals surface area contributed by atoms with Gasteiger partial charge in [-0.05, 0) is 18.2 Å². The maximum absolute atomic E-state index is 11.0. The standard InChI is InChI=1S/C14H18N2O2/c1-16-14(17)8-3-2-5-12-6-4-7-13(11-12)18-10-9-15/h4,6-7,11H,3,8-10,15H2,1H3,(H,16,17). The number of benzene rings is 1. The van der Waals surface area contributed by atoms with Gasteiger partial charge in [0.05, 0.1) is 0 Å². The number of hydrogen-bond acceptors (Lipinski definition) is 3. The first-order valence-electron chi connectivity index (χ1n) is 5.88. The number of nitrogens with two attached hydrogens (primary N) is 1. The van der Waals surface area contributed by atoms with Gasteiger partial charge in [-0.1, -0.05) is 17.9 Å². The second-order valence-electron chi connectivity index (χ2n) is 3.64.